The van der Waals surface area contributed by atoms with E-state index < -0.39 is 15.6 Å². The van der Waals surface area contributed by atoms with Crippen LogP contribution in [0.4, 0.5) is 0 Å². The number of rotatable bonds is 6. The van der Waals surface area contributed by atoms with Gasteiger partial charge < -0.3 is 15.7 Å². The normalized spacial score (nSPS) is 20.2. The molecule has 2 heterocycles. The fourth-order valence-corrected chi connectivity index (χ4v) is 4.50. The molecule has 0 radical (unpaired) electrons. The van der Waals surface area contributed by atoms with Crippen molar-refractivity contribution in [2.24, 2.45) is 10.9 Å². The minimum Gasteiger partial charge on any atom is -0.383 e. The zero-order valence-electron chi connectivity index (χ0n) is 15.0. The van der Waals surface area contributed by atoms with Gasteiger partial charge >= 0.3 is 0 Å². The molecule has 1 aliphatic rings. The largest absolute Gasteiger partial charge is 0.383 e. The van der Waals surface area contributed by atoms with Crippen molar-refractivity contribution in [3.63, 3.8) is 0 Å². The second-order valence-corrected chi connectivity index (χ2v) is 9.59. The molecule has 1 aliphatic heterocycles. The van der Waals surface area contributed by atoms with E-state index in [1.807, 2.05) is 17.5 Å². The fraction of sp³-hybridized carbons (Fsp3) is 0.688. The summed E-state index contributed by atoms with van der Waals surface area (Å²) in [4.78, 5) is 5.10. The Morgan fingerprint density at radius 3 is 2.64 bits per heavy atom. The number of nitrogens with zero attached hydrogens (tertiary/aromatic N) is 2. The molecule has 0 bridgehead atoms. The molecule has 3 N–H and O–H groups in total. The third-order valence-corrected chi connectivity index (χ3v) is 6.90. The highest BCUT2D eigenvalue weighted by atomic mass is 32.2. The van der Waals surface area contributed by atoms with E-state index in [1.165, 1.54) is 21.9 Å². The Morgan fingerprint density at radius 1 is 1.44 bits per heavy atom. The second-order valence-electron chi connectivity index (χ2n) is 6.66. The van der Waals surface area contributed by atoms with Crippen molar-refractivity contribution in [3.8, 4) is 0 Å². The van der Waals surface area contributed by atoms with Crippen molar-refractivity contribution in [1.29, 1.82) is 0 Å². The topological polar surface area (TPSA) is 94.0 Å². The van der Waals surface area contributed by atoms with E-state index in [4.69, 9.17) is 0 Å². The molecule has 1 fully saturated rings. The molecule has 1 saturated heterocycles. The SMILES string of the molecule is CN=C(NCC1CCN(S(C)(=O)=O)CC1)NCC(C)(O)c1cccs1. The van der Waals surface area contributed by atoms with E-state index in [2.05, 4.69) is 15.6 Å². The van der Waals surface area contributed by atoms with Crippen LogP contribution in [0.3, 0.4) is 0 Å². The molecule has 0 aliphatic carbocycles. The number of guanidine groups is 1. The molecule has 0 amide bonds. The van der Waals surface area contributed by atoms with Crippen LogP contribution in [0.5, 0.6) is 0 Å². The Hall–Kier alpha value is -1.16. The van der Waals surface area contributed by atoms with E-state index in [0.717, 1.165) is 24.3 Å². The van der Waals surface area contributed by atoms with Gasteiger partial charge in [-0.3, -0.25) is 4.99 Å². The van der Waals surface area contributed by atoms with E-state index >= 15 is 0 Å². The van der Waals surface area contributed by atoms with Gasteiger partial charge in [0.2, 0.25) is 10.0 Å². The van der Waals surface area contributed by atoms with Crippen molar-refractivity contribution >= 4 is 27.3 Å². The van der Waals surface area contributed by atoms with Gasteiger partial charge in [-0.25, -0.2) is 12.7 Å². The van der Waals surface area contributed by atoms with Crippen molar-refractivity contribution in [1.82, 2.24) is 14.9 Å². The van der Waals surface area contributed by atoms with Crippen LogP contribution < -0.4 is 10.6 Å². The number of piperidine rings is 1. The van der Waals surface area contributed by atoms with Crippen LogP contribution >= 0.6 is 11.3 Å². The average molecular weight is 389 g/mol. The molecule has 1 aromatic rings. The minimum absolute atomic E-state index is 0.361. The number of aliphatic hydroxyl groups is 1. The van der Waals surface area contributed by atoms with Gasteiger partial charge in [-0.2, -0.15) is 0 Å². The molecule has 0 spiro atoms. The molecule has 25 heavy (non-hydrogen) atoms. The van der Waals surface area contributed by atoms with Gasteiger partial charge in [-0.1, -0.05) is 6.07 Å². The number of nitrogens with one attached hydrogen (secondary N) is 2. The second kappa shape index (κ2) is 8.48. The zero-order valence-corrected chi connectivity index (χ0v) is 16.7. The third kappa shape index (κ3) is 5.95. The number of hydrogen-bond donors (Lipinski definition) is 3. The summed E-state index contributed by atoms with van der Waals surface area (Å²) in [7, 11) is -1.39. The highest BCUT2D eigenvalue weighted by molar-refractivity contribution is 7.88. The number of aliphatic imine (C=N–C) groups is 1. The van der Waals surface area contributed by atoms with Crippen LogP contribution in [0.1, 0.15) is 24.6 Å². The van der Waals surface area contributed by atoms with Crippen LogP contribution in [0, 0.1) is 5.92 Å². The lowest BCUT2D eigenvalue weighted by molar-refractivity contribution is 0.0655. The maximum Gasteiger partial charge on any atom is 0.211 e. The van der Waals surface area contributed by atoms with Crippen molar-refractivity contribution in [3.05, 3.63) is 22.4 Å². The minimum atomic E-state index is -3.08. The summed E-state index contributed by atoms with van der Waals surface area (Å²) in [5.41, 5.74) is -0.952. The van der Waals surface area contributed by atoms with Crippen LogP contribution in [-0.4, -0.2) is 63.3 Å². The van der Waals surface area contributed by atoms with Gasteiger partial charge in [0, 0.05) is 31.6 Å². The van der Waals surface area contributed by atoms with Crippen LogP contribution in [0.25, 0.3) is 0 Å². The first kappa shape index (κ1) is 20.2. The quantitative estimate of drug-likeness (QED) is 0.495. The van der Waals surface area contributed by atoms with Crippen LogP contribution in [0.15, 0.2) is 22.5 Å². The lowest BCUT2D eigenvalue weighted by Gasteiger charge is -2.30. The Kier molecular flexibility index (Phi) is 6.84. The number of sulfonamides is 1. The van der Waals surface area contributed by atoms with Crippen molar-refractivity contribution in [2.75, 3.05) is 39.5 Å². The monoisotopic (exact) mass is 388 g/mol. The first-order valence-electron chi connectivity index (χ1n) is 8.38. The van der Waals surface area contributed by atoms with E-state index in [1.54, 1.807) is 14.0 Å². The van der Waals surface area contributed by atoms with Crippen molar-refractivity contribution in [2.45, 2.75) is 25.4 Å². The molecular weight excluding hydrogens is 360 g/mol. The third-order valence-electron chi connectivity index (χ3n) is 4.48. The van der Waals surface area contributed by atoms with Gasteiger partial charge in [0.05, 0.1) is 12.8 Å². The highest BCUT2D eigenvalue weighted by Gasteiger charge is 2.26. The standard InChI is InChI=1S/C16H28N4O3S2/c1-16(21,14-5-4-10-24-14)12-19-15(17-2)18-11-13-6-8-20(9-7-13)25(3,22)23/h4-5,10,13,21H,6-9,11-12H2,1-3H3,(H2,17,18,19). The molecule has 1 unspecified atom stereocenters. The molecule has 0 saturated carbocycles. The number of thiophene rings is 1. The highest BCUT2D eigenvalue weighted by Crippen LogP contribution is 2.24. The Balaban J connectivity index is 1.76. The average Bonchev–Trinajstić information content (AvgIpc) is 3.10. The molecule has 2 rings (SSSR count). The Bertz CT molecular complexity index is 664. The summed E-state index contributed by atoms with van der Waals surface area (Å²) in [6, 6.07) is 3.84. The van der Waals surface area contributed by atoms with Gasteiger partial charge in [0.15, 0.2) is 5.96 Å². The predicted molar refractivity (Wildman–Crippen MR) is 102 cm³/mol. The first-order chi connectivity index (χ1) is 11.7. The molecule has 0 aromatic carbocycles. The molecule has 9 heteroatoms. The fourth-order valence-electron chi connectivity index (χ4n) is 2.83. The van der Waals surface area contributed by atoms with Gasteiger partial charge in [-0.05, 0) is 37.1 Å². The molecule has 142 valence electrons. The van der Waals surface area contributed by atoms with E-state index in [9.17, 15) is 13.5 Å². The summed E-state index contributed by atoms with van der Waals surface area (Å²) < 4.78 is 24.6. The van der Waals surface area contributed by atoms with Crippen molar-refractivity contribution < 1.29 is 13.5 Å². The maximum atomic E-state index is 11.5. The van der Waals surface area contributed by atoms with Crippen LogP contribution in [-0.2, 0) is 15.6 Å². The summed E-state index contributed by atoms with van der Waals surface area (Å²) in [6.45, 7) is 4.02. The molecule has 1 atom stereocenters. The van der Waals surface area contributed by atoms with Gasteiger partial charge in [0.25, 0.3) is 0 Å². The van der Waals surface area contributed by atoms with E-state index in [0.29, 0.717) is 31.5 Å². The lowest BCUT2D eigenvalue weighted by Crippen LogP contribution is -2.47. The summed E-state index contributed by atoms with van der Waals surface area (Å²) in [5, 5.41) is 18.9. The summed E-state index contributed by atoms with van der Waals surface area (Å²) in [6.07, 6.45) is 2.94. The molecular formula is C16H28N4O3S2. The predicted octanol–water partition coefficient (Wildman–Crippen LogP) is 0.792. The maximum absolute atomic E-state index is 11.5. The number of hydrogen-bond acceptors (Lipinski definition) is 5. The lowest BCUT2D eigenvalue weighted by atomic mass is 9.98. The first-order valence-corrected chi connectivity index (χ1v) is 11.1. The Morgan fingerprint density at radius 2 is 2.12 bits per heavy atom. The van der Waals surface area contributed by atoms with Gasteiger partial charge in [0.1, 0.15) is 5.60 Å². The molecule has 1 aromatic heterocycles. The van der Waals surface area contributed by atoms with E-state index in [-0.39, 0.29) is 0 Å². The summed E-state index contributed by atoms with van der Waals surface area (Å²) in [5.74, 6) is 1.05. The van der Waals surface area contributed by atoms with Gasteiger partial charge in [-0.15, -0.1) is 11.3 Å². The summed E-state index contributed by atoms with van der Waals surface area (Å²) >= 11 is 1.52. The zero-order chi connectivity index (χ0) is 18.5. The Labute approximate surface area is 154 Å². The van der Waals surface area contributed by atoms with Crippen LogP contribution in [0.2, 0.25) is 0 Å². The smallest absolute Gasteiger partial charge is 0.211 e. The molecule has 7 nitrogen and oxygen atoms in total.